The molecule has 0 spiro atoms. The summed E-state index contributed by atoms with van der Waals surface area (Å²) in [5, 5.41) is 20.2. The summed E-state index contributed by atoms with van der Waals surface area (Å²) in [5.74, 6) is -2.24. The van der Waals surface area contributed by atoms with E-state index in [2.05, 4.69) is 4.74 Å². The molecule has 1 N–H and O–H groups in total. The maximum atomic E-state index is 14.1. The van der Waals surface area contributed by atoms with Crippen molar-refractivity contribution in [2.24, 2.45) is 0 Å². The van der Waals surface area contributed by atoms with Crippen molar-refractivity contribution in [3.63, 3.8) is 0 Å². The molecular formula is C17H19FN2O7. The number of nitro groups is 1. The van der Waals surface area contributed by atoms with Crippen LogP contribution in [-0.2, 0) is 14.3 Å². The average molecular weight is 382 g/mol. The zero-order valence-corrected chi connectivity index (χ0v) is 14.7. The maximum Gasteiger partial charge on any atom is 0.308 e. The number of carbonyl (C=O) groups is 2. The van der Waals surface area contributed by atoms with Crippen LogP contribution < -0.4 is 0 Å². The smallest absolute Gasteiger partial charge is 0.308 e. The lowest BCUT2D eigenvalue weighted by molar-refractivity contribution is -0.385. The van der Waals surface area contributed by atoms with Crippen LogP contribution >= 0.6 is 0 Å². The van der Waals surface area contributed by atoms with Crippen molar-refractivity contribution in [3.8, 4) is 0 Å². The summed E-state index contributed by atoms with van der Waals surface area (Å²) in [6.45, 7) is -0.437. The molecule has 1 aliphatic rings. The summed E-state index contributed by atoms with van der Waals surface area (Å²) < 4.78 is 24.3. The van der Waals surface area contributed by atoms with E-state index in [1.54, 1.807) is 12.2 Å². The molecule has 2 rings (SSSR count). The summed E-state index contributed by atoms with van der Waals surface area (Å²) in [4.78, 5) is 35.0. The first kappa shape index (κ1) is 20.5. The van der Waals surface area contributed by atoms with Crippen molar-refractivity contribution in [1.82, 2.24) is 4.90 Å². The van der Waals surface area contributed by atoms with E-state index in [1.807, 2.05) is 0 Å². The molecule has 0 fully saturated rings. The number of aliphatic hydroxyl groups is 1. The topological polar surface area (TPSA) is 119 Å². The number of aliphatic hydroxyl groups excluding tert-OH is 1. The van der Waals surface area contributed by atoms with E-state index in [-0.39, 0.29) is 12.0 Å². The first-order valence-corrected chi connectivity index (χ1v) is 8.01. The van der Waals surface area contributed by atoms with Gasteiger partial charge in [-0.25, -0.2) is 4.39 Å². The van der Waals surface area contributed by atoms with Gasteiger partial charge < -0.3 is 19.5 Å². The van der Waals surface area contributed by atoms with Crippen molar-refractivity contribution in [1.29, 1.82) is 0 Å². The van der Waals surface area contributed by atoms with Crippen molar-refractivity contribution < 1.29 is 33.5 Å². The molecule has 146 valence electrons. The number of ether oxygens (including phenoxy) is 2. The Bertz CT molecular complexity index is 768. The van der Waals surface area contributed by atoms with Crippen molar-refractivity contribution >= 4 is 17.6 Å². The Hall–Kier alpha value is -2.85. The second kappa shape index (κ2) is 8.69. The van der Waals surface area contributed by atoms with Gasteiger partial charge in [0.25, 0.3) is 11.6 Å². The summed E-state index contributed by atoms with van der Waals surface area (Å²) in [6, 6.07) is 2.02. The van der Waals surface area contributed by atoms with Crippen LogP contribution in [0.15, 0.2) is 30.4 Å². The van der Waals surface area contributed by atoms with E-state index in [9.17, 15) is 29.2 Å². The molecule has 3 unspecified atom stereocenters. The van der Waals surface area contributed by atoms with Crippen LogP contribution in [0.3, 0.4) is 0 Å². The van der Waals surface area contributed by atoms with E-state index in [0.29, 0.717) is 6.07 Å². The van der Waals surface area contributed by atoms with Crippen LogP contribution in [0.5, 0.6) is 0 Å². The Morgan fingerprint density at radius 1 is 1.41 bits per heavy atom. The van der Waals surface area contributed by atoms with Gasteiger partial charge in [0.05, 0.1) is 48.8 Å². The monoisotopic (exact) mass is 382 g/mol. The maximum absolute atomic E-state index is 14.1. The first-order valence-electron chi connectivity index (χ1n) is 8.01. The van der Waals surface area contributed by atoms with E-state index < -0.39 is 53.2 Å². The van der Waals surface area contributed by atoms with E-state index >= 15 is 0 Å². The lowest BCUT2D eigenvalue weighted by atomic mass is 10.0. The second-order valence-electron chi connectivity index (χ2n) is 5.89. The lowest BCUT2D eigenvalue weighted by Crippen LogP contribution is -2.49. The van der Waals surface area contributed by atoms with Crippen LogP contribution in [-0.4, -0.2) is 65.8 Å². The molecule has 10 heteroatoms. The van der Waals surface area contributed by atoms with Gasteiger partial charge >= 0.3 is 5.97 Å². The number of likely N-dealkylation sites (N-methyl/N-ethyl adjacent to an activating group) is 1. The number of benzene rings is 1. The van der Waals surface area contributed by atoms with Gasteiger partial charge in [-0.15, -0.1) is 0 Å². The van der Waals surface area contributed by atoms with Gasteiger partial charge in [0.15, 0.2) is 0 Å². The summed E-state index contributed by atoms with van der Waals surface area (Å²) >= 11 is 0. The van der Waals surface area contributed by atoms with Gasteiger partial charge in [0.1, 0.15) is 11.9 Å². The molecular weight excluding hydrogens is 363 g/mol. The Labute approximate surface area is 154 Å². The molecule has 9 nitrogen and oxygen atoms in total. The van der Waals surface area contributed by atoms with E-state index in [1.165, 1.54) is 14.2 Å². The zero-order valence-electron chi connectivity index (χ0n) is 14.7. The number of amides is 1. The minimum absolute atomic E-state index is 0.0507. The molecule has 0 aliphatic carbocycles. The molecule has 0 radical (unpaired) electrons. The molecule has 1 amide bonds. The molecule has 1 heterocycles. The number of nitrogens with zero attached hydrogens (tertiary/aromatic N) is 2. The van der Waals surface area contributed by atoms with Crippen LogP contribution in [0.2, 0.25) is 0 Å². The third-order valence-corrected chi connectivity index (χ3v) is 4.19. The Kier molecular flexibility index (Phi) is 6.59. The fraction of sp³-hybridized carbons (Fsp3) is 0.412. The average Bonchev–Trinajstić information content (AvgIpc) is 2.66. The number of carbonyl (C=O) groups excluding carboxylic acids is 2. The number of halogens is 1. The third kappa shape index (κ3) is 4.66. The molecule has 3 atom stereocenters. The molecule has 0 saturated heterocycles. The zero-order chi connectivity index (χ0) is 20.1. The molecule has 0 bridgehead atoms. The molecule has 1 aliphatic heterocycles. The Morgan fingerprint density at radius 3 is 2.67 bits per heavy atom. The minimum atomic E-state index is -1.02. The van der Waals surface area contributed by atoms with Crippen LogP contribution in [0.4, 0.5) is 10.1 Å². The molecule has 1 aromatic carbocycles. The highest BCUT2D eigenvalue weighted by molar-refractivity contribution is 5.95. The lowest BCUT2D eigenvalue weighted by Gasteiger charge is -2.36. The standard InChI is InChI=1S/C17H19FN2O7/c1-19(17(23)12-5-3-10(20(24)25)7-13(12)18)14-6-4-11(8-16(22)26-2)27-15(14)9-21/h3-7,11,14-15,21H,8-9H2,1-2H3. The third-order valence-electron chi connectivity index (χ3n) is 4.19. The summed E-state index contributed by atoms with van der Waals surface area (Å²) in [6.07, 6.45) is 1.64. The quantitative estimate of drug-likeness (QED) is 0.338. The van der Waals surface area contributed by atoms with Crippen molar-refractivity contribution in [2.45, 2.75) is 24.7 Å². The van der Waals surface area contributed by atoms with E-state index in [0.717, 1.165) is 17.0 Å². The van der Waals surface area contributed by atoms with Gasteiger partial charge in [0, 0.05) is 13.1 Å². The van der Waals surface area contributed by atoms with E-state index in [4.69, 9.17) is 4.74 Å². The van der Waals surface area contributed by atoms with Crippen molar-refractivity contribution in [3.05, 3.63) is 51.8 Å². The Morgan fingerprint density at radius 2 is 2.11 bits per heavy atom. The summed E-state index contributed by atoms with van der Waals surface area (Å²) in [7, 11) is 2.64. The largest absolute Gasteiger partial charge is 0.469 e. The van der Waals surface area contributed by atoms with Gasteiger partial charge in [-0.05, 0) is 6.07 Å². The molecule has 27 heavy (non-hydrogen) atoms. The molecule has 1 aromatic rings. The number of esters is 1. The summed E-state index contributed by atoms with van der Waals surface area (Å²) in [5.41, 5.74) is -0.809. The fourth-order valence-electron chi connectivity index (χ4n) is 2.72. The number of nitro benzene ring substituents is 1. The normalized spacial score (nSPS) is 21.6. The highest BCUT2D eigenvalue weighted by atomic mass is 19.1. The molecule has 0 aromatic heterocycles. The first-order chi connectivity index (χ1) is 12.8. The van der Waals surface area contributed by atoms with Gasteiger partial charge in [-0.3, -0.25) is 19.7 Å². The Balaban J connectivity index is 2.19. The predicted octanol–water partition coefficient (Wildman–Crippen LogP) is 1.05. The number of hydrogen-bond acceptors (Lipinski definition) is 7. The van der Waals surface area contributed by atoms with Crippen LogP contribution in [0, 0.1) is 15.9 Å². The van der Waals surface area contributed by atoms with Crippen molar-refractivity contribution in [2.75, 3.05) is 20.8 Å². The fourth-order valence-corrected chi connectivity index (χ4v) is 2.72. The number of methoxy groups -OCH3 is 1. The van der Waals surface area contributed by atoms with Crippen LogP contribution in [0.1, 0.15) is 16.8 Å². The van der Waals surface area contributed by atoms with Gasteiger partial charge in [-0.2, -0.15) is 0 Å². The number of non-ortho nitro benzene ring substituents is 1. The predicted molar refractivity (Wildman–Crippen MR) is 90.5 cm³/mol. The number of rotatable bonds is 6. The van der Waals surface area contributed by atoms with Crippen LogP contribution in [0.25, 0.3) is 0 Å². The SMILES string of the molecule is COC(=O)CC1C=CC(N(C)C(=O)c2ccc([N+](=O)[O-])cc2F)C(CO)O1. The number of hydrogen-bond donors (Lipinski definition) is 1. The second-order valence-corrected chi connectivity index (χ2v) is 5.89. The minimum Gasteiger partial charge on any atom is -0.469 e. The highest BCUT2D eigenvalue weighted by Gasteiger charge is 2.33. The van der Waals surface area contributed by atoms with Gasteiger partial charge in [0.2, 0.25) is 0 Å². The molecule has 0 saturated carbocycles. The highest BCUT2D eigenvalue weighted by Crippen LogP contribution is 2.23. The van der Waals surface area contributed by atoms with Gasteiger partial charge in [-0.1, -0.05) is 12.2 Å².